The normalized spacial score (nSPS) is 18.5. The van der Waals surface area contributed by atoms with Crippen LogP contribution in [-0.2, 0) is 4.79 Å². The second-order valence-electron chi connectivity index (χ2n) is 4.40. The molecule has 1 N–H and O–H groups in total. The second-order valence-corrected chi connectivity index (χ2v) is 4.78. The maximum absolute atomic E-state index is 11.5. The van der Waals surface area contributed by atoms with E-state index in [1.54, 1.807) is 0 Å². The zero-order chi connectivity index (χ0) is 10.9. The van der Waals surface area contributed by atoms with E-state index in [4.69, 9.17) is 11.6 Å². The van der Waals surface area contributed by atoms with Crippen molar-refractivity contribution < 1.29 is 4.79 Å². The minimum absolute atomic E-state index is 0.215. The van der Waals surface area contributed by atoms with E-state index in [-0.39, 0.29) is 5.91 Å². The van der Waals surface area contributed by atoms with Gasteiger partial charge in [-0.25, -0.2) is 0 Å². The van der Waals surface area contributed by atoms with Crippen molar-refractivity contribution in [3.63, 3.8) is 0 Å². The lowest BCUT2D eigenvalue weighted by molar-refractivity contribution is -0.122. The number of hydrogen-bond acceptors (Lipinski definition) is 1. The molecule has 0 saturated heterocycles. The summed E-state index contributed by atoms with van der Waals surface area (Å²) in [6.07, 6.45) is 10.0. The summed E-state index contributed by atoms with van der Waals surface area (Å²) in [5, 5.41) is 3.14. The highest BCUT2D eigenvalue weighted by Gasteiger charge is 2.13. The van der Waals surface area contributed by atoms with E-state index in [0.717, 1.165) is 12.8 Å². The molecule has 1 rings (SSSR count). The highest BCUT2D eigenvalue weighted by atomic mass is 35.5. The topological polar surface area (TPSA) is 29.1 Å². The quantitative estimate of drug-likeness (QED) is 0.439. The van der Waals surface area contributed by atoms with Crippen LogP contribution in [0.4, 0.5) is 0 Å². The van der Waals surface area contributed by atoms with Gasteiger partial charge in [0.1, 0.15) is 0 Å². The van der Waals surface area contributed by atoms with E-state index in [9.17, 15) is 4.79 Å². The van der Waals surface area contributed by atoms with E-state index in [0.29, 0.717) is 18.3 Å². The number of nitrogens with one attached hydrogen (secondary N) is 1. The number of alkyl halides is 1. The van der Waals surface area contributed by atoms with Crippen molar-refractivity contribution in [2.24, 2.45) is 0 Å². The summed E-state index contributed by atoms with van der Waals surface area (Å²) in [5.74, 6) is 0.878. The van der Waals surface area contributed by atoms with Crippen LogP contribution in [0.1, 0.15) is 57.8 Å². The van der Waals surface area contributed by atoms with E-state index >= 15 is 0 Å². The Morgan fingerprint density at radius 2 is 1.80 bits per heavy atom. The molecule has 0 aliphatic heterocycles. The summed E-state index contributed by atoms with van der Waals surface area (Å²) in [7, 11) is 0. The molecule has 0 radical (unpaired) electrons. The Bertz CT molecular complexity index is 176. The summed E-state index contributed by atoms with van der Waals surface area (Å²) in [4.78, 5) is 11.5. The third-order valence-electron chi connectivity index (χ3n) is 3.01. The Morgan fingerprint density at radius 1 is 1.13 bits per heavy atom. The molecule has 1 aliphatic rings. The van der Waals surface area contributed by atoms with E-state index in [2.05, 4.69) is 5.32 Å². The van der Waals surface area contributed by atoms with Gasteiger partial charge in [-0.05, 0) is 25.7 Å². The standard InChI is InChI=1S/C12H22ClNO/c13-10-6-5-9-12(15)14-11-7-3-1-2-4-8-11/h11H,1-10H2,(H,14,15). The van der Waals surface area contributed by atoms with Gasteiger partial charge >= 0.3 is 0 Å². The second kappa shape index (κ2) is 7.98. The molecule has 15 heavy (non-hydrogen) atoms. The molecule has 0 aromatic carbocycles. The van der Waals surface area contributed by atoms with E-state index in [1.165, 1.54) is 38.5 Å². The number of halogens is 1. The van der Waals surface area contributed by atoms with Crippen molar-refractivity contribution in [3.05, 3.63) is 0 Å². The van der Waals surface area contributed by atoms with Gasteiger partial charge in [-0.2, -0.15) is 0 Å². The van der Waals surface area contributed by atoms with Crippen LogP contribution in [0.5, 0.6) is 0 Å². The summed E-state index contributed by atoms with van der Waals surface area (Å²) in [5.41, 5.74) is 0. The Balaban J connectivity index is 2.12. The first-order chi connectivity index (χ1) is 7.33. The lowest BCUT2D eigenvalue weighted by atomic mass is 10.1. The average Bonchev–Trinajstić information content (AvgIpc) is 2.47. The van der Waals surface area contributed by atoms with Crippen molar-refractivity contribution in [2.45, 2.75) is 63.8 Å². The van der Waals surface area contributed by atoms with Gasteiger partial charge in [-0.1, -0.05) is 25.7 Å². The Morgan fingerprint density at radius 3 is 2.40 bits per heavy atom. The van der Waals surface area contributed by atoms with E-state index < -0.39 is 0 Å². The largest absolute Gasteiger partial charge is 0.353 e. The fourth-order valence-electron chi connectivity index (χ4n) is 2.10. The zero-order valence-corrected chi connectivity index (χ0v) is 10.2. The van der Waals surface area contributed by atoms with Crippen LogP contribution in [0.25, 0.3) is 0 Å². The lowest BCUT2D eigenvalue weighted by Gasteiger charge is -2.15. The zero-order valence-electron chi connectivity index (χ0n) is 9.43. The molecule has 3 heteroatoms. The van der Waals surface area contributed by atoms with Crippen LogP contribution in [0, 0.1) is 0 Å². The molecule has 0 bridgehead atoms. The van der Waals surface area contributed by atoms with E-state index in [1.807, 2.05) is 0 Å². The third kappa shape index (κ3) is 6.03. The fraction of sp³-hybridized carbons (Fsp3) is 0.917. The summed E-state index contributed by atoms with van der Waals surface area (Å²) < 4.78 is 0. The minimum Gasteiger partial charge on any atom is -0.353 e. The van der Waals surface area contributed by atoms with Gasteiger partial charge < -0.3 is 5.32 Å². The number of rotatable bonds is 5. The Labute approximate surface area is 97.8 Å². The van der Waals surface area contributed by atoms with Crippen molar-refractivity contribution in [3.8, 4) is 0 Å². The molecule has 1 fully saturated rings. The van der Waals surface area contributed by atoms with Crippen molar-refractivity contribution >= 4 is 17.5 Å². The van der Waals surface area contributed by atoms with Crippen LogP contribution >= 0.6 is 11.6 Å². The fourth-order valence-corrected chi connectivity index (χ4v) is 2.29. The summed E-state index contributed by atoms with van der Waals surface area (Å²) in [6.45, 7) is 0. The first-order valence-corrected chi connectivity index (χ1v) is 6.71. The Hall–Kier alpha value is -0.240. The highest BCUT2D eigenvalue weighted by molar-refractivity contribution is 6.17. The highest BCUT2D eigenvalue weighted by Crippen LogP contribution is 2.17. The monoisotopic (exact) mass is 231 g/mol. The van der Waals surface area contributed by atoms with Crippen LogP contribution in [0.3, 0.4) is 0 Å². The molecule has 1 amide bonds. The predicted octanol–water partition coefficient (Wildman–Crippen LogP) is 3.23. The maximum atomic E-state index is 11.5. The first-order valence-electron chi connectivity index (χ1n) is 6.18. The van der Waals surface area contributed by atoms with Gasteiger partial charge in [0.05, 0.1) is 0 Å². The molecule has 0 aromatic rings. The van der Waals surface area contributed by atoms with Crippen LogP contribution < -0.4 is 5.32 Å². The molecule has 0 atom stereocenters. The molecule has 0 heterocycles. The number of amides is 1. The van der Waals surface area contributed by atoms with Crippen molar-refractivity contribution in [2.75, 3.05) is 5.88 Å². The average molecular weight is 232 g/mol. The van der Waals surface area contributed by atoms with Gasteiger partial charge in [0.2, 0.25) is 5.91 Å². The molecular weight excluding hydrogens is 210 g/mol. The number of unbranched alkanes of at least 4 members (excludes halogenated alkanes) is 1. The predicted molar refractivity (Wildman–Crippen MR) is 64.2 cm³/mol. The van der Waals surface area contributed by atoms with Crippen molar-refractivity contribution in [1.29, 1.82) is 0 Å². The molecule has 2 nitrogen and oxygen atoms in total. The van der Waals surface area contributed by atoms with Crippen LogP contribution in [0.15, 0.2) is 0 Å². The van der Waals surface area contributed by atoms with Gasteiger partial charge in [0.15, 0.2) is 0 Å². The van der Waals surface area contributed by atoms with Gasteiger partial charge in [-0.3, -0.25) is 4.79 Å². The number of carbonyl (C=O) groups is 1. The number of hydrogen-bond donors (Lipinski definition) is 1. The van der Waals surface area contributed by atoms with Crippen molar-refractivity contribution in [1.82, 2.24) is 5.32 Å². The van der Waals surface area contributed by atoms with Gasteiger partial charge in [-0.15, -0.1) is 11.6 Å². The lowest BCUT2D eigenvalue weighted by Crippen LogP contribution is -2.34. The molecule has 1 saturated carbocycles. The maximum Gasteiger partial charge on any atom is 0.220 e. The van der Waals surface area contributed by atoms with Crippen LogP contribution in [-0.4, -0.2) is 17.8 Å². The minimum atomic E-state index is 0.215. The third-order valence-corrected chi connectivity index (χ3v) is 3.28. The molecular formula is C12H22ClNO. The van der Waals surface area contributed by atoms with Crippen LogP contribution in [0.2, 0.25) is 0 Å². The van der Waals surface area contributed by atoms with Gasteiger partial charge in [0, 0.05) is 18.3 Å². The number of carbonyl (C=O) groups excluding carboxylic acids is 1. The summed E-state index contributed by atoms with van der Waals surface area (Å²) >= 11 is 5.57. The first kappa shape index (κ1) is 12.8. The molecule has 1 aliphatic carbocycles. The molecule has 0 aromatic heterocycles. The van der Waals surface area contributed by atoms with Gasteiger partial charge in [0.25, 0.3) is 0 Å². The molecule has 0 unspecified atom stereocenters. The molecule has 88 valence electrons. The summed E-state index contributed by atoms with van der Waals surface area (Å²) in [6, 6.07) is 0.441. The molecule has 0 spiro atoms. The Kier molecular flexibility index (Phi) is 6.82. The SMILES string of the molecule is O=C(CCCCCl)NC1CCCCCC1. The smallest absolute Gasteiger partial charge is 0.220 e.